The predicted octanol–water partition coefficient (Wildman–Crippen LogP) is 27.4. The van der Waals surface area contributed by atoms with E-state index in [-0.39, 0.29) is 12.7 Å². The van der Waals surface area contributed by atoms with Crippen molar-refractivity contribution in [2.24, 2.45) is 0 Å². The Labute approximate surface area is 590 Å². The molecule has 3 aromatic carbocycles. The van der Waals surface area contributed by atoms with E-state index in [1.54, 1.807) is 0 Å². The molecule has 87 heavy (non-hydrogen) atoms. The summed E-state index contributed by atoms with van der Waals surface area (Å²) in [7, 11) is -23.1. The van der Waals surface area contributed by atoms with E-state index in [2.05, 4.69) is 165 Å². The number of rotatable bonds is 45. The molecule has 0 aliphatic carbocycles. The number of halogens is 9. The number of nitrogens with one attached hydrogen (secondary N) is 1. The summed E-state index contributed by atoms with van der Waals surface area (Å²) in [6, 6.07) is 51.1. The summed E-state index contributed by atoms with van der Waals surface area (Å²) < 4.78 is 6.15. The fourth-order valence-corrected chi connectivity index (χ4v) is 75.1. The fourth-order valence-electron chi connectivity index (χ4n) is 13.2. The van der Waals surface area contributed by atoms with Crippen molar-refractivity contribution in [2.45, 2.75) is 288 Å². The molecule has 0 bridgehead atoms. The van der Waals surface area contributed by atoms with E-state index in [1.807, 2.05) is 0 Å². The highest BCUT2D eigenvalue weighted by molar-refractivity contribution is 7.22. The summed E-state index contributed by atoms with van der Waals surface area (Å²) in [5.41, 5.74) is 1.06. The van der Waals surface area contributed by atoms with E-state index < -0.39 is 100 Å². The lowest BCUT2D eigenvalue weighted by atomic mass is 9.97. The molecule has 3 nitrogen and oxygen atoms in total. The number of unbranched alkanes of at least 4 members (excludes halogenated alkanes) is 1. The van der Waals surface area contributed by atoms with Crippen molar-refractivity contribution in [3.63, 3.8) is 0 Å². The van der Waals surface area contributed by atoms with Crippen molar-refractivity contribution >= 4 is 228 Å². The number of hydrogen-bond donors (Lipinski definition) is 1. The van der Waals surface area contributed by atoms with Crippen LogP contribution in [0.1, 0.15) is 31.2 Å². The lowest BCUT2D eigenvalue weighted by molar-refractivity contribution is 0.140. The Morgan fingerprint density at radius 3 is 0.908 bits per heavy atom. The van der Waals surface area contributed by atoms with Gasteiger partial charge in [0.25, 0.3) is 0 Å². The monoisotopic (exact) mass is 1590 g/mol. The summed E-state index contributed by atoms with van der Waals surface area (Å²) in [6.07, 6.45) is 4.18. The highest BCUT2D eigenvalue weighted by atomic mass is 35.6. The molecule has 1 amide bonds. The van der Waals surface area contributed by atoms with Crippen LogP contribution in [0.25, 0.3) is 21.5 Å². The molecule has 0 aromatic heterocycles. The third-order valence-corrected chi connectivity index (χ3v) is 62.9. The molecule has 0 saturated carbocycles. The van der Waals surface area contributed by atoms with Crippen molar-refractivity contribution in [3.05, 3.63) is 60.2 Å². The van der Waals surface area contributed by atoms with Crippen LogP contribution in [0.4, 0.5) is 4.79 Å². The van der Waals surface area contributed by atoms with E-state index in [4.69, 9.17) is 104 Å². The molecule has 25 heteroatoms. The van der Waals surface area contributed by atoms with Crippen LogP contribution >= 0.6 is 99.7 Å². The number of hydrogen-bond acceptors (Lipinski definition) is 2. The zero-order chi connectivity index (χ0) is 65.8. The Kier molecular flexibility index (Phi) is 36.5. The zero-order valence-corrected chi connectivity index (χ0v) is 77.1. The third-order valence-electron chi connectivity index (χ3n) is 19.4. The molecule has 0 heterocycles. The van der Waals surface area contributed by atoms with Gasteiger partial charge in [-0.2, -0.15) is 99.7 Å². The zero-order valence-electron chi connectivity index (χ0n) is 57.3. The summed E-state index contributed by atoms with van der Waals surface area (Å²) >= 11 is 66.2. The molecular formula is C62H120Cl9NO2Si13. The van der Waals surface area contributed by atoms with Crippen molar-refractivity contribution in [1.29, 1.82) is 0 Å². The normalized spacial score (nSPS) is 14.1. The molecule has 0 saturated heterocycles. The first-order valence-electron chi connectivity index (χ1n) is 33.4. The Hall–Kier alpha value is 2.88. The maximum atomic E-state index is 13.9. The molecule has 0 atom stereocenters. The molecule has 3 rings (SSSR count). The minimum absolute atomic E-state index is 0.221. The van der Waals surface area contributed by atoms with Gasteiger partial charge in [-0.05, 0) is 88.4 Å². The van der Waals surface area contributed by atoms with Gasteiger partial charge in [-0.1, -0.05) is 269 Å². The van der Waals surface area contributed by atoms with Crippen molar-refractivity contribution in [3.8, 4) is 0 Å². The molecule has 0 spiro atoms. The van der Waals surface area contributed by atoms with Gasteiger partial charge < -0.3 is 10.1 Å². The second-order valence-corrected chi connectivity index (χ2v) is 108. The average molecular weight is 1600 g/mol. The first-order valence-corrected chi connectivity index (χ1v) is 80.7. The fraction of sp³-hybridized carbons (Fsp3) is 0.758. The van der Waals surface area contributed by atoms with Gasteiger partial charge in [-0.25, -0.2) is 4.79 Å². The Bertz CT molecular complexity index is 2290. The Morgan fingerprint density at radius 2 is 0.632 bits per heavy atom. The van der Waals surface area contributed by atoms with Crippen molar-refractivity contribution in [1.82, 2.24) is 5.32 Å². The van der Waals surface area contributed by atoms with Crippen LogP contribution < -0.4 is 5.32 Å². The van der Waals surface area contributed by atoms with Crippen LogP contribution in [0.2, 0.25) is 256 Å². The number of carbonyl (C=O) groups is 1. The SMILES string of the molecule is C[Si](Cl)CCC[Si](CC[Si](C)(C)Cl)(CC[Si](C)(C)Cl)CC[Si](CCCCNC(=O)OCc1c2ccccc2cc2ccccc12)(CC[Si](CCC[Si](C)Cl)(CC[Si](C)(C)Cl)CC[Si](C)(C)Cl)CC[Si](CC[Si](C)(C)Cl)(CC[Si](C)(C)Cl)CC[Si](C)(C)Cl. The first-order chi connectivity index (χ1) is 39.8. The molecule has 0 aliphatic heterocycles. The summed E-state index contributed by atoms with van der Waals surface area (Å²) in [5.74, 6) is 0. The number of ether oxygens (including phenoxy) is 1. The Balaban J connectivity index is 2.35. The highest BCUT2D eigenvalue weighted by Gasteiger charge is 2.46. The van der Waals surface area contributed by atoms with Gasteiger partial charge in [0.2, 0.25) is 0 Å². The van der Waals surface area contributed by atoms with Crippen LogP contribution in [-0.2, 0) is 11.3 Å². The first kappa shape index (κ1) is 84.1. The second-order valence-electron chi connectivity index (χ2n) is 31.8. The summed E-state index contributed by atoms with van der Waals surface area (Å²) in [5, 5.41) is 7.84. The van der Waals surface area contributed by atoms with E-state index in [9.17, 15) is 4.79 Å². The standard InChI is InChI=1S/C62H120Cl9NO2Si13/c1-75(63)30-23-33-85(42-35-77(3,4)65,43-36-78(5,6)66)51-49-84(50-52-86(34-24-31-76(2)64,44-37-79(7,8)67)45-38-80(9,10)68,53-54-87(46-39-81(11,12)69,47-40-82(13,14)70)48-41-83(15,16)71)32-22-21-29-72-62(73)74-56-61-59-27-19-17-25-57(59)55-58-26-18-20-28-60(58)61/h17-20,25-28,55H,21-24,29-54,56H2,1-16H3,(H,72,73). The number of amides is 1. The number of benzene rings is 3. The van der Waals surface area contributed by atoms with Crippen LogP contribution in [0.3, 0.4) is 0 Å². The number of carbonyl (C=O) groups excluding carboxylic acids is 1. The lowest BCUT2D eigenvalue weighted by Gasteiger charge is -2.44. The number of fused-ring (bicyclic) bond motifs is 2. The lowest BCUT2D eigenvalue weighted by Crippen LogP contribution is -2.47. The van der Waals surface area contributed by atoms with Gasteiger partial charge in [0.1, 0.15) is 58.3 Å². The van der Waals surface area contributed by atoms with Crippen LogP contribution in [-0.4, -0.2) is 113 Å². The molecule has 3 aromatic rings. The van der Waals surface area contributed by atoms with Crippen LogP contribution in [0, 0.1) is 0 Å². The molecule has 500 valence electrons. The van der Waals surface area contributed by atoms with Gasteiger partial charge in [-0.3, -0.25) is 0 Å². The second kappa shape index (κ2) is 37.7. The smallest absolute Gasteiger partial charge is 0.407 e. The third kappa shape index (κ3) is 36.9. The van der Waals surface area contributed by atoms with Crippen molar-refractivity contribution < 1.29 is 9.53 Å². The van der Waals surface area contributed by atoms with Crippen LogP contribution in [0.5, 0.6) is 0 Å². The minimum Gasteiger partial charge on any atom is -0.445 e. The Morgan fingerprint density at radius 1 is 0.379 bits per heavy atom. The van der Waals surface area contributed by atoms with Gasteiger partial charge >= 0.3 is 6.09 Å². The summed E-state index contributed by atoms with van der Waals surface area (Å²) in [4.78, 5) is 13.9. The van der Waals surface area contributed by atoms with E-state index in [1.165, 1.54) is 152 Å². The van der Waals surface area contributed by atoms with Gasteiger partial charge in [-0.15, -0.1) is 0 Å². The van der Waals surface area contributed by atoms with Gasteiger partial charge in [0.05, 0.1) is 32.3 Å². The van der Waals surface area contributed by atoms with Gasteiger partial charge in [0.15, 0.2) is 16.2 Å². The molecule has 0 aliphatic rings. The van der Waals surface area contributed by atoms with E-state index >= 15 is 0 Å². The molecule has 0 fully saturated rings. The highest BCUT2D eigenvalue weighted by Crippen LogP contribution is 2.49. The quantitative estimate of drug-likeness (QED) is 0.0265. The minimum atomic E-state index is -2.19. The molecular weight excluding hydrogens is 1470 g/mol. The molecule has 1 N–H and O–H groups in total. The maximum absolute atomic E-state index is 13.9. The van der Waals surface area contributed by atoms with E-state index in [0.717, 1.165) is 52.0 Å². The number of alkyl carbamates (subject to hydrolysis) is 1. The topological polar surface area (TPSA) is 38.3 Å². The average Bonchev–Trinajstić information content (AvgIpc) is 1.19. The molecule has 0 unspecified atom stereocenters. The summed E-state index contributed by atoms with van der Waals surface area (Å²) in [6.45, 7) is 38.7. The predicted molar refractivity (Wildman–Crippen MR) is 440 cm³/mol. The van der Waals surface area contributed by atoms with Crippen LogP contribution in [0.15, 0.2) is 54.6 Å². The largest absolute Gasteiger partial charge is 0.445 e. The van der Waals surface area contributed by atoms with Crippen molar-refractivity contribution in [2.75, 3.05) is 6.54 Å². The molecule has 2 radical (unpaired) electrons. The van der Waals surface area contributed by atoms with Gasteiger partial charge in [0, 0.05) is 12.1 Å². The maximum Gasteiger partial charge on any atom is 0.407 e. The van der Waals surface area contributed by atoms with E-state index in [0.29, 0.717) is 6.54 Å².